The number of carbonyl (C=O) groups excluding carboxylic acids is 1. The zero-order chi connectivity index (χ0) is 18.7. The highest BCUT2D eigenvalue weighted by molar-refractivity contribution is 7.92. The third-order valence-electron chi connectivity index (χ3n) is 4.61. The molecule has 1 aromatic rings. The lowest BCUT2D eigenvalue weighted by molar-refractivity contribution is -0.157. The van der Waals surface area contributed by atoms with Gasteiger partial charge < -0.3 is 10.4 Å². The molecule has 0 atom stereocenters. The molecule has 0 spiro atoms. The third-order valence-corrected chi connectivity index (χ3v) is 6.09. The summed E-state index contributed by atoms with van der Waals surface area (Å²) in [5.41, 5.74) is 0.510. The molecule has 2 rings (SSSR count). The standard InChI is InChI=1S/C17H24N2O5S/c1-3-10-25(23,24)19-14-7-4-6-13(12(14)2)18-15(20)11-17(16(21)22)8-5-9-17/h4,6-7,19H,3,5,8-11H2,1-2H3,(H,18,20)(H,21,22). The van der Waals surface area contributed by atoms with Gasteiger partial charge in [0, 0.05) is 12.1 Å². The number of anilines is 2. The Kier molecular flexibility index (Phi) is 5.72. The average Bonchev–Trinajstić information content (AvgIpc) is 2.46. The highest BCUT2D eigenvalue weighted by Crippen LogP contribution is 2.44. The Morgan fingerprint density at radius 3 is 2.40 bits per heavy atom. The predicted molar refractivity (Wildman–Crippen MR) is 96.0 cm³/mol. The Bertz CT molecular complexity index is 769. The van der Waals surface area contributed by atoms with Crippen molar-refractivity contribution >= 4 is 33.3 Å². The van der Waals surface area contributed by atoms with Gasteiger partial charge in [0.1, 0.15) is 0 Å². The topological polar surface area (TPSA) is 113 Å². The predicted octanol–water partition coefficient (Wildman–Crippen LogP) is 2.73. The number of aliphatic carboxylic acids is 1. The monoisotopic (exact) mass is 368 g/mol. The molecule has 0 aromatic heterocycles. The first-order valence-corrected chi connectivity index (χ1v) is 9.98. The van der Waals surface area contributed by atoms with E-state index in [0.29, 0.717) is 36.2 Å². The number of nitrogens with one attached hydrogen (secondary N) is 2. The van der Waals surface area contributed by atoms with Crippen LogP contribution in [0.25, 0.3) is 0 Å². The summed E-state index contributed by atoms with van der Waals surface area (Å²) >= 11 is 0. The molecule has 1 aliphatic rings. The summed E-state index contributed by atoms with van der Waals surface area (Å²) in [4.78, 5) is 23.6. The van der Waals surface area contributed by atoms with Crippen molar-refractivity contribution in [2.75, 3.05) is 15.8 Å². The number of carboxylic acids is 1. The van der Waals surface area contributed by atoms with E-state index >= 15 is 0 Å². The maximum atomic E-state index is 12.3. The van der Waals surface area contributed by atoms with Crippen LogP contribution in [0.2, 0.25) is 0 Å². The lowest BCUT2D eigenvalue weighted by Gasteiger charge is -2.36. The van der Waals surface area contributed by atoms with Crippen molar-refractivity contribution in [2.45, 2.75) is 46.0 Å². The molecule has 3 N–H and O–H groups in total. The molecule has 0 unspecified atom stereocenters. The molecule has 0 saturated heterocycles. The van der Waals surface area contributed by atoms with Crippen molar-refractivity contribution < 1.29 is 23.1 Å². The number of hydrogen-bond acceptors (Lipinski definition) is 4. The molecular weight excluding hydrogens is 344 g/mol. The number of carboxylic acid groups (broad SMARTS) is 1. The van der Waals surface area contributed by atoms with Gasteiger partial charge in [0.25, 0.3) is 0 Å². The van der Waals surface area contributed by atoms with Crippen LogP contribution in [-0.4, -0.2) is 31.2 Å². The van der Waals surface area contributed by atoms with Gasteiger partial charge in [-0.1, -0.05) is 19.4 Å². The first-order chi connectivity index (χ1) is 11.7. The van der Waals surface area contributed by atoms with Crippen LogP contribution in [0.4, 0.5) is 11.4 Å². The van der Waals surface area contributed by atoms with Crippen molar-refractivity contribution in [3.8, 4) is 0 Å². The molecule has 1 amide bonds. The second-order valence-corrected chi connectivity index (χ2v) is 8.40. The Balaban J connectivity index is 2.11. The van der Waals surface area contributed by atoms with Gasteiger partial charge >= 0.3 is 5.97 Å². The fourth-order valence-corrected chi connectivity index (χ4v) is 4.14. The largest absolute Gasteiger partial charge is 0.481 e. The molecule has 0 radical (unpaired) electrons. The quantitative estimate of drug-likeness (QED) is 0.653. The van der Waals surface area contributed by atoms with Crippen LogP contribution in [-0.2, 0) is 19.6 Å². The minimum atomic E-state index is -3.43. The average molecular weight is 368 g/mol. The fraction of sp³-hybridized carbons (Fsp3) is 0.529. The zero-order valence-corrected chi connectivity index (χ0v) is 15.3. The number of sulfonamides is 1. The maximum absolute atomic E-state index is 12.3. The van der Waals surface area contributed by atoms with Gasteiger partial charge in [-0.2, -0.15) is 0 Å². The van der Waals surface area contributed by atoms with Crippen molar-refractivity contribution in [3.63, 3.8) is 0 Å². The van der Waals surface area contributed by atoms with E-state index in [1.54, 1.807) is 32.0 Å². The Morgan fingerprint density at radius 2 is 1.88 bits per heavy atom. The molecule has 8 heteroatoms. The second kappa shape index (κ2) is 7.43. The second-order valence-electron chi connectivity index (χ2n) is 6.56. The van der Waals surface area contributed by atoms with E-state index in [1.807, 2.05) is 0 Å². The Labute approximate surface area is 147 Å². The minimum absolute atomic E-state index is 0.0180. The molecule has 0 bridgehead atoms. The van der Waals surface area contributed by atoms with E-state index in [2.05, 4.69) is 10.0 Å². The fourth-order valence-electron chi connectivity index (χ4n) is 2.94. The molecule has 7 nitrogen and oxygen atoms in total. The van der Waals surface area contributed by atoms with E-state index in [1.165, 1.54) is 0 Å². The van der Waals surface area contributed by atoms with Crippen molar-refractivity contribution in [1.82, 2.24) is 0 Å². The molecule has 25 heavy (non-hydrogen) atoms. The van der Waals surface area contributed by atoms with Crippen LogP contribution in [0.3, 0.4) is 0 Å². The van der Waals surface area contributed by atoms with Crippen LogP contribution in [0.15, 0.2) is 18.2 Å². The van der Waals surface area contributed by atoms with Gasteiger partial charge in [-0.3, -0.25) is 14.3 Å². The summed E-state index contributed by atoms with van der Waals surface area (Å²) in [5.74, 6) is -1.30. The number of hydrogen-bond donors (Lipinski definition) is 3. The number of benzene rings is 1. The minimum Gasteiger partial charge on any atom is -0.481 e. The summed E-state index contributed by atoms with van der Waals surface area (Å²) in [6.45, 7) is 3.48. The molecule has 138 valence electrons. The highest BCUT2D eigenvalue weighted by atomic mass is 32.2. The zero-order valence-electron chi connectivity index (χ0n) is 14.5. The first-order valence-electron chi connectivity index (χ1n) is 8.32. The number of amides is 1. The molecule has 1 aromatic carbocycles. The van der Waals surface area contributed by atoms with Gasteiger partial charge in [-0.25, -0.2) is 8.42 Å². The Hall–Kier alpha value is -2.09. The normalized spacial score (nSPS) is 15.9. The van der Waals surface area contributed by atoms with Crippen LogP contribution in [0.1, 0.15) is 44.6 Å². The van der Waals surface area contributed by atoms with Crippen molar-refractivity contribution in [2.24, 2.45) is 5.41 Å². The summed E-state index contributed by atoms with van der Waals surface area (Å²) in [6, 6.07) is 4.94. The van der Waals surface area contributed by atoms with E-state index in [-0.39, 0.29) is 18.1 Å². The summed E-state index contributed by atoms with van der Waals surface area (Å²) < 4.78 is 26.4. The van der Waals surface area contributed by atoms with Gasteiger partial charge in [-0.05, 0) is 43.9 Å². The van der Waals surface area contributed by atoms with Gasteiger partial charge in [0.05, 0.1) is 16.9 Å². The van der Waals surface area contributed by atoms with Gasteiger partial charge in [0.15, 0.2) is 0 Å². The molecule has 1 fully saturated rings. The van der Waals surface area contributed by atoms with E-state index in [4.69, 9.17) is 0 Å². The lowest BCUT2D eigenvalue weighted by atomic mass is 9.66. The molecular formula is C17H24N2O5S. The number of rotatable bonds is 8. The summed E-state index contributed by atoms with van der Waals surface area (Å²) in [7, 11) is -3.43. The van der Waals surface area contributed by atoms with E-state index in [0.717, 1.165) is 6.42 Å². The lowest BCUT2D eigenvalue weighted by Crippen LogP contribution is -2.41. The maximum Gasteiger partial charge on any atom is 0.310 e. The van der Waals surface area contributed by atoms with Gasteiger partial charge in [0.2, 0.25) is 15.9 Å². The van der Waals surface area contributed by atoms with Crippen LogP contribution in [0.5, 0.6) is 0 Å². The van der Waals surface area contributed by atoms with Gasteiger partial charge in [-0.15, -0.1) is 0 Å². The summed E-state index contributed by atoms with van der Waals surface area (Å²) in [5, 5.41) is 12.0. The van der Waals surface area contributed by atoms with E-state index in [9.17, 15) is 23.1 Å². The third kappa shape index (κ3) is 4.50. The SMILES string of the molecule is CCCS(=O)(=O)Nc1cccc(NC(=O)CC2(C(=O)O)CCC2)c1C. The summed E-state index contributed by atoms with van der Waals surface area (Å²) in [6.07, 6.45) is 2.25. The van der Waals surface area contributed by atoms with Crippen LogP contribution >= 0.6 is 0 Å². The first kappa shape index (κ1) is 19.2. The number of carbonyl (C=O) groups is 2. The van der Waals surface area contributed by atoms with Crippen LogP contribution in [0, 0.1) is 12.3 Å². The highest BCUT2D eigenvalue weighted by Gasteiger charge is 2.45. The Morgan fingerprint density at radius 1 is 1.24 bits per heavy atom. The van der Waals surface area contributed by atoms with E-state index < -0.39 is 21.4 Å². The van der Waals surface area contributed by atoms with Crippen molar-refractivity contribution in [1.29, 1.82) is 0 Å². The molecule has 1 saturated carbocycles. The molecule has 1 aliphatic carbocycles. The van der Waals surface area contributed by atoms with Crippen molar-refractivity contribution in [3.05, 3.63) is 23.8 Å². The van der Waals surface area contributed by atoms with Crippen LogP contribution < -0.4 is 10.0 Å². The smallest absolute Gasteiger partial charge is 0.310 e. The molecule has 0 aliphatic heterocycles. The molecule has 0 heterocycles.